The molecular weight excluding hydrogens is 588 g/mol. The number of rotatable bonds is 6. The number of aromatic nitrogens is 7. The summed E-state index contributed by atoms with van der Waals surface area (Å²) in [5, 5.41) is 18.6. The number of thiazole rings is 1. The largest absolute Gasteiger partial charge is 0.316 e. The molecule has 0 aliphatic heterocycles. The molecule has 0 spiro atoms. The minimum absolute atomic E-state index is 0.407. The van der Waals surface area contributed by atoms with Gasteiger partial charge in [0.1, 0.15) is 5.82 Å². The molecule has 5 aromatic heterocycles. The predicted molar refractivity (Wildman–Crippen MR) is 175 cm³/mol. The second kappa shape index (κ2) is 10.1. The van der Waals surface area contributed by atoms with Crippen molar-refractivity contribution in [3.8, 4) is 22.5 Å². The summed E-state index contributed by atoms with van der Waals surface area (Å²) in [7, 11) is 0. The first-order valence-corrected chi connectivity index (χ1v) is 16.8. The van der Waals surface area contributed by atoms with Gasteiger partial charge in [-0.1, -0.05) is 47.9 Å². The second-order valence-corrected chi connectivity index (χ2v) is 14.8. The molecule has 44 heavy (non-hydrogen) atoms. The van der Waals surface area contributed by atoms with Gasteiger partial charge in [0.05, 0.1) is 21.4 Å². The minimum atomic E-state index is 0.407. The van der Waals surface area contributed by atoms with Crippen LogP contribution in [0, 0.1) is 30.1 Å². The Morgan fingerprint density at radius 3 is 2.57 bits per heavy atom. The van der Waals surface area contributed by atoms with Crippen LogP contribution in [0.5, 0.6) is 0 Å². The molecule has 0 radical (unpaired) electrons. The molecule has 4 fully saturated rings. The summed E-state index contributed by atoms with van der Waals surface area (Å²) in [6.07, 6.45) is 15.7. The van der Waals surface area contributed by atoms with E-state index in [4.69, 9.17) is 16.7 Å². The summed E-state index contributed by atoms with van der Waals surface area (Å²) < 4.78 is 5.33. The molecule has 0 saturated heterocycles. The van der Waals surface area contributed by atoms with Crippen LogP contribution in [0.25, 0.3) is 38.4 Å². The monoisotopic (exact) mass is 620 g/mol. The first-order chi connectivity index (χ1) is 21.5. The van der Waals surface area contributed by atoms with Crippen molar-refractivity contribution >= 4 is 49.8 Å². The van der Waals surface area contributed by atoms with E-state index in [1.807, 2.05) is 47.1 Å². The smallest absolute Gasteiger partial charge is 0.189 e. The molecule has 2 atom stereocenters. The van der Waals surface area contributed by atoms with Crippen molar-refractivity contribution in [3.05, 3.63) is 71.8 Å². The zero-order chi connectivity index (χ0) is 29.4. The summed E-state index contributed by atoms with van der Waals surface area (Å²) in [4.78, 5) is 9.26. The molecule has 10 heteroatoms. The Kier molecular flexibility index (Phi) is 6.10. The summed E-state index contributed by atoms with van der Waals surface area (Å²) >= 11 is 8.64. The van der Waals surface area contributed by atoms with Gasteiger partial charge < -0.3 is 5.32 Å². The number of benzene rings is 1. The number of nitrogens with one attached hydrogen (secondary N) is 1. The summed E-state index contributed by atoms with van der Waals surface area (Å²) in [6, 6.07) is 14.1. The van der Waals surface area contributed by atoms with Gasteiger partial charge in [0.2, 0.25) is 0 Å². The van der Waals surface area contributed by atoms with Gasteiger partial charge in [0.15, 0.2) is 16.6 Å². The van der Waals surface area contributed by atoms with Crippen molar-refractivity contribution in [2.45, 2.75) is 58.4 Å². The summed E-state index contributed by atoms with van der Waals surface area (Å²) in [5.41, 5.74) is 6.04. The lowest BCUT2D eigenvalue weighted by Crippen LogP contribution is -2.40. The van der Waals surface area contributed by atoms with E-state index in [1.54, 1.807) is 17.5 Å². The standard InChI is InChI=1S/C34H33ClN8S/c1-20-26(18-37-43(20)19-34-14-21-6-7-22(15-34)13-23(12-21)16-34)25-10-11-42-31(40-41-32(42)30(25)35)24-8-9-29(36-17-24)39-33-38-27-4-2-3-5-28(27)44-33/h2-5,8-11,17-18,21-23H,6-7,12-16,19H2,1H3,(H,36,38,39). The van der Waals surface area contributed by atoms with Gasteiger partial charge in [-0.15, -0.1) is 10.2 Å². The molecule has 4 saturated carbocycles. The molecule has 6 aromatic rings. The molecule has 4 aliphatic rings. The number of para-hydroxylation sites is 1. The fourth-order valence-electron chi connectivity index (χ4n) is 8.72. The second-order valence-electron chi connectivity index (χ2n) is 13.4. The number of nitrogens with zero attached hydrogens (tertiary/aromatic N) is 7. The van der Waals surface area contributed by atoms with E-state index < -0.39 is 0 Å². The lowest BCUT2D eigenvalue weighted by atomic mass is 9.58. The fourth-order valence-corrected chi connectivity index (χ4v) is 9.88. The van der Waals surface area contributed by atoms with Crippen LogP contribution in [0.2, 0.25) is 5.02 Å². The van der Waals surface area contributed by atoms with E-state index in [2.05, 4.69) is 49.2 Å². The Labute approximate surface area is 264 Å². The topological polar surface area (TPSA) is 85.8 Å². The van der Waals surface area contributed by atoms with Crippen LogP contribution in [0.4, 0.5) is 10.9 Å². The van der Waals surface area contributed by atoms with Crippen molar-refractivity contribution < 1.29 is 0 Å². The number of hydrogen-bond donors (Lipinski definition) is 1. The third kappa shape index (κ3) is 4.43. The Morgan fingerprint density at radius 1 is 0.955 bits per heavy atom. The van der Waals surface area contributed by atoms with E-state index in [9.17, 15) is 0 Å². The average molecular weight is 621 g/mol. The van der Waals surface area contributed by atoms with Gasteiger partial charge in [-0.2, -0.15) is 5.10 Å². The molecule has 5 heterocycles. The maximum atomic E-state index is 7.04. The molecule has 1 N–H and O–H groups in total. The van der Waals surface area contributed by atoms with E-state index in [-0.39, 0.29) is 0 Å². The molecule has 10 rings (SSSR count). The minimum Gasteiger partial charge on any atom is -0.316 e. The van der Waals surface area contributed by atoms with Crippen LogP contribution in [0.3, 0.4) is 0 Å². The molecule has 8 nitrogen and oxygen atoms in total. The highest BCUT2D eigenvalue weighted by molar-refractivity contribution is 7.22. The Balaban J connectivity index is 0.974. The predicted octanol–water partition coefficient (Wildman–Crippen LogP) is 8.58. The van der Waals surface area contributed by atoms with Crippen LogP contribution in [0.1, 0.15) is 50.6 Å². The third-order valence-electron chi connectivity index (χ3n) is 10.4. The maximum Gasteiger partial charge on any atom is 0.189 e. The van der Waals surface area contributed by atoms with Crippen LogP contribution in [-0.4, -0.2) is 34.3 Å². The van der Waals surface area contributed by atoms with Crippen LogP contribution >= 0.6 is 22.9 Å². The Hall–Kier alpha value is -3.82. The summed E-state index contributed by atoms with van der Waals surface area (Å²) in [5.74, 6) is 4.16. The molecule has 222 valence electrons. The fraction of sp³-hybridized carbons (Fsp3) is 0.382. The molecule has 4 bridgehead atoms. The van der Waals surface area contributed by atoms with Gasteiger partial charge >= 0.3 is 0 Å². The first-order valence-electron chi connectivity index (χ1n) is 15.7. The lowest BCUT2D eigenvalue weighted by Gasteiger charge is -2.48. The SMILES string of the molecule is Cc1c(-c2ccn3c(-c4ccc(Nc5nc6ccccc6s5)nc4)nnc3c2Cl)cnn1CC12CC3CCC(CC(C3)C1)C2. The van der Waals surface area contributed by atoms with E-state index in [0.717, 1.165) is 62.2 Å². The van der Waals surface area contributed by atoms with E-state index in [0.29, 0.717) is 21.9 Å². The highest BCUT2D eigenvalue weighted by Gasteiger charge is 2.48. The maximum absolute atomic E-state index is 7.04. The zero-order valence-corrected chi connectivity index (χ0v) is 26.2. The van der Waals surface area contributed by atoms with Crippen LogP contribution < -0.4 is 5.32 Å². The molecule has 1 aromatic carbocycles. The van der Waals surface area contributed by atoms with Crippen molar-refractivity contribution in [1.29, 1.82) is 0 Å². The molecular formula is C34H33ClN8S. The van der Waals surface area contributed by atoms with Crippen LogP contribution in [-0.2, 0) is 6.54 Å². The number of pyridine rings is 2. The number of fused-ring (bicyclic) bond motifs is 3. The molecule has 2 unspecified atom stereocenters. The number of hydrogen-bond acceptors (Lipinski definition) is 7. The van der Waals surface area contributed by atoms with Gasteiger partial charge in [-0.05, 0) is 92.5 Å². The highest BCUT2D eigenvalue weighted by atomic mass is 35.5. The summed E-state index contributed by atoms with van der Waals surface area (Å²) in [6.45, 7) is 3.20. The van der Waals surface area contributed by atoms with Crippen molar-refractivity contribution in [3.63, 3.8) is 0 Å². The average Bonchev–Trinajstić information content (AvgIpc) is 3.69. The normalized spacial score (nSPS) is 24.4. The highest BCUT2D eigenvalue weighted by Crippen LogP contribution is 2.58. The quantitative estimate of drug-likeness (QED) is 0.201. The van der Waals surface area contributed by atoms with Gasteiger partial charge in [0.25, 0.3) is 0 Å². The first kappa shape index (κ1) is 26.6. The molecule has 0 amide bonds. The lowest BCUT2D eigenvalue weighted by molar-refractivity contribution is 0.0169. The Bertz CT molecular complexity index is 1980. The number of halogens is 1. The van der Waals surface area contributed by atoms with Crippen molar-refractivity contribution in [2.24, 2.45) is 23.2 Å². The van der Waals surface area contributed by atoms with Crippen molar-refractivity contribution in [2.75, 3.05) is 5.32 Å². The molecule has 4 aliphatic carbocycles. The van der Waals surface area contributed by atoms with Gasteiger partial charge in [-0.25, -0.2) is 9.97 Å². The van der Waals surface area contributed by atoms with Crippen LogP contribution in [0.15, 0.2) is 61.1 Å². The van der Waals surface area contributed by atoms with E-state index in [1.165, 1.54) is 50.6 Å². The van der Waals surface area contributed by atoms with Crippen molar-refractivity contribution in [1.82, 2.24) is 34.3 Å². The number of anilines is 2. The Morgan fingerprint density at radius 2 is 1.77 bits per heavy atom. The van der Waals surface area contributed by atoms with E-state index >= 15 is 0 Å². The third-order valence-corrected chi connectivity index (χ3v) is 11.8. The zero-order valence-electron chi connectivity index (χ0n) is 24.6. The van der Waals surface area contributed by atoms with Gasteiger partial charge in [0, 0.05) is 41.3 Å². The van der Waals surface area contributed by atoms with Gasteiger partial charge in [-0.3, -0.25) is 9.08 Å².